The van der Waals surface area contributed by atoms with Gasteiger partial charge in [-0.25, -0.2) is 0 Å². The molecule has 1 aromatic carbocycles. The third kappa shape index (κ3) is 2.08. The lowest BCUT2D eigenvalue weighted by atomic mass is 10.1. The van der Waals surface area contributed by atoms with Gasteiger partial charge in [0.05, 0.1) is 6.10 Å². The Morgan fingerprint density at radius 2 is 2.15 bits per heavy atom. The number of carbonyl (C=O) groups is 1. The molecular formula is C11H12O2. The fourth-order valence-electron chi connectivity index (χ4n) is 1.29. The van der Waals surface area contributed by atoms with Crippen LogP contribution in [-0.4, -0.2) is 12.4 Å². The molecule has 0 radical (unpaired) electrons. The summed E-state index contributed by atoms with van der Waals surface area (Å²) in [6.07, 6.45) is 3.53. The number of benzene rings is 1. The molecule has 0 aliphatic heterocycles. The molecule has 1 aromatic rings. The molecule has 0 N–H and O–H groups in total. The molecule has 2 nitrogen and oxygen atoms in total. The van der Waals surface area contributed by atoms with Crippen LogP contribution in [-0.2, 0) is 0 Å². The largest absolute Gasteiger partial charge is 0.490 e. The van der Waals surface area contributed by atoms with Gasteiger partial charge in [0.1, 0.15) is 12.0 Å². The Morgan fingerprint density at radius 3 is 2.77 bits per heavy atom. The number of ether oxygens (including phenoxy) is 1. The zero-order valence-electron chi connectivity index (χ0n) is 7.62. The predicted octanol–water partition coefficient (Wildman–Crippen LogP) is 2.35. The minimum Gasteiger partial charge on any atom is -0.490 e. The normalized spacial score (nSPS) is 15.5. The molecule has 0 unspecified atom stereocenters. The first-order chi connectivity index (χ1) is 6.28. The SMILES string of the molecule is Cc1cc(C=O)cc(OC2CC2)c1. The second kappa shape index (κ2) is 3.21. The Balaban J connectivity index is 2.22. The molecule has 2 rings (SSSR count). The third-order valence-electron chi connectivity index (χ3n) is 2.04. The smallest absolute Gasteiger partial charge is 0.150 e. The van der Waals surface area contributed by atoms with E-state index in [0.717, 1.165) is 30.4 Å². The minimum absolute atomic E-state index is 0.390. The van der Waals surface area contributed by atoms with E-state index in [1.165, 1.54) is 0 Å². The van der Waals surface area contributed by atoms with E-state index in [1.54, 1.807) is 6.07 Å². The van der Waals surface area contributed by atoms with Crippen molar-refractivity contribution in [3.8, 4) is 5.75 Å². The van der Waals surface area contributed by atoms with E-state index in [0.29, 0.717) is 11.7 Å². The molecule has 1 saturated carbocycles. The van der Waals surface area contributed by atoms with Gasteiger partial charge in [0.25, 0.3) is 0 Å². The Kier molecular flexibility index (Phi) is 2.05. The summed E-state index contributed by atoms with van der Waals surface area (Å²) < 4.78 is 5.59. The van der Waals surface area contributed by atoms with Gasteiger partial charge >= 0.3 is 0 Å². The minimum atomic E-state index is 0.390. The van der Waals surface area contributed by atoms with Gasteiger partial charge in [0.2, 0.25) is 0 Å². The second-order valence-corrected chi connectivity index (χ2v) is 3.51. The maximum atomic E-state index is 10.6. The number of carbonyl (C=O) groups excluding carboxylic acids is 1. The number of hydrogen-bond acceptors (Lipinski definition) is 2. The average molecular weight is 176 g/mol. The Morgan fingerprint density at radius 1 is 1.38 bits per heavy atom. The average Bonchev–Trinajstić information content (AvgIpc) is 2.87. The summed E-state index contributed by atoms with van der Waals surface area (Å²) >= 11 is 0. The lowest BCUT2D eigenvalue weighted by Gasteiger charge is -2.05. The van der Waals surface area contributed by atoms with E-state index in [2.05, 4.69) is 0 Å². The van der Waals surface area contributed by atoms with Gasteiger partial charge in [-0.3, -0.25) is 4.79 Å². The summed E-state index contributed by atoms with van der Waals surface area (Å²) in [4.78, 5) is 10.6. The van der Waals surface area contributed by atoms with Crippen LogP contribution in [0.4, 0.5) is 0 Å². The number of rotatable bonds is 3. The van der Waals surface area contributed by atoms with Crippen LogP contribution in [0.15, 0.2) is 18.2 Å². The third-order valence-corrected chi connectivity index (χ3v) is 2.04. The summed E-state index contributed by atoms with van der Waals surface area (Å²) in [6.45, 7) is 1.97. The number of aldehydes is 1. The molecular weight excluding hydrogens is 164 g/mol. The van der Waals surface area contributed by atoms with Crippen molar-refractivity contribution < 1.29 is 9.53 Å². The van der Waals surface area contributed by atoms with Crippen molar-refractivity contribution in [3.05, 3.63) is 29.3 Å². The summed E-state index contributed by atoms with van der Waals surface area (Å²) in [5.41, 5.74) is 1.76. The van der Waals surface area contributed by atoms with E-state index in [9.17, 15) is 4.79 Å². The van der Waals surface area contributed by atoms with Gasteiger partial charge in [-0.1, -0.05) is 0 Å². The molecule has 2 heteroatoms. The summed E-state index contributed by atoms with van der Waals surface area (Å²) in [6, 6.07) is 5.61. The fraction of sp³-hybridized carbons (Fsp3) is 0.364. The van der Waals surface area contributed by atoms with E-state index >= 15 is 0 Å². The summed E-state index contributed by atoms with van der Waals surface area (Å²) in [5.74, 6) is 0.824. The molecule has 1 fully saturated rings. The van der Waals surface area contributed by atoms with E-state index in [4.69, 9.17) is 4.74 Å². The highest BCUT2D eigenvalue weighted by atomic mass is 16.5. The van der Waals surface area contributed by atoms with Crippen molar-refractivity contribution in [1.82, 2.24) is 0 Å². The number of aryl methyl sites for hydroxylation is 1. The van der Waals surface area contributed by atoms with Crippen LogP contribution in [0.3, 0.4) is 0 Å². The first-order valence-corrected chi connectivity index (χ1v) is 4.51. The highest BCUT2D eigenvalue weighted by molar-refractivity contribution is 5.76. The van der Waals surface area contributed by atoms with Crippen molar-refractivity contribution >= 4 is 6.29 Å². The fourth-order valence-corrected chi connectivity index (χ4v) is 1.29. The zero-order valence-corrected chi connectivity index (χ0v) is 7.62. The Hall–Kier alpha value is -1.31. The summed E-state index contributed by atoms with van der Waals surface area (Å²) in [7, 11) is 0. The first-order valence-electron chi connectivity index (χ1n) is 4.51. The molecule has 0 heterocycles. The van der Waals surface area contributed by atoms with Crippen molar-refractivity contribution in [1.29, 1.82) is 0 Å². The van der Waals surface area contributed by atoms with Crippen LogP contribution in [0.5, 0.6) is 5.75 Å². The van der Waals surface area contributed by atoms with Crippen LogP contribution in [0, 0.1) is 6.92 Å². The topological polar surface area (TPSA) is 26.3 Å². The zero-order chi connectivity index (χ0) is 9.26. The van der Waals surface area contributed by atoms with E-state index in [-0.39, 0.29) is 0 Å². The lowest BCUT2D eigenvalue weighted by molar-refractivity contribution is 0.112. The molecule has 0 amide bonds. The van der Waals surface area contributed by atoms with Gasteiger partial charge in [0, 0.05) is 5.56 Å². The van der Waals surface area contributed by atoms with Crippen molar-refractivity contribution in [2.24, 2.45) is 0 Å². The molecule has 0 spiro atoms. The molecule has 0 bridgehead atoms. The van der Waals surface area contributed by atoms with Crippen molar-refractivity contribution in [2.75, 3.05) is 0 Å². The van der Waals surface area contributed by atoms with Gasteiger partial charge in [0.15, 0.2) is 0 Å². The van der Waals surface area contributed by atoms with Gasteiger partial charge in [-0.15, -0.1) is 0 Å². The van der Waals surface area contributed by atoms with Crippen molar-refractivity contribution in [2.45, 2.75) is 25.9 Å². The summed E-state index contributed by atoms with van der Waals surface area (Å²) in [5, 5.41) is 0. The molecule has 68 valence electrons. The van der Waals surface area contributed by atoms with Gasteiger partial charge in [-0.05, 0) is 43.5 Å². The van der Waals surface area contributed by atoms with Gasteiger partial charge in [-0.2, -0.15) is 0 Å². The van der Waals surface area contributed by atoms with E-state index in [1.807, 2.05) is 19.1 Å². The maximum absolute atomic E-state index is 10.6. The molecule has 0 saturated heterocycles. The molecule has 1 aliphatic rings. The lowest BCUT2D eigenvalue weighted by Crippen LogP contribution is -1.97. The highest BCUT2D eigenvalue weighted by Gasteiger charge is 2.23. The Labute approximate surface area is 77.5 Å². The molecule has 13 heavy (non-hydrogen) atoms. The number of hydrogen-bond donors (Lipinski definition) is 0. The quantitative estimate of drug-likeness (QED) is 0.661. The highest BCUT2D eigenvalue weighted by Crippen LogP contribution is 2.27. The molecule has 1 aliphatic carbocycles. The molecule has 0 aromatic heterocycles. The second-order valence-electron chi connectivity index (χ2n) is 3.51. The van der Waals surface area contributed by atoms with Crippen molar-refractivity contribution in [3.63, 3.8) is 0 Å². The Bertz CT molecular complexity index is 327. The first kappa shape index (κ1) is 8.30. The molecule has 0 atom stereocenters. The van der Waals surface area contributed by atoms with Crippen LogP contribution in [0.2, 0.25) is 0 Å². The maximum Gasteiger partial charge on any atom is 0.150 e. The van der Waals surface area contributed by atoms with Crippen LogP contribution >= 0.6 is 0 Å². The van der Waals surface area contributed by atoms with Crippen LogP contribution in [0.25, 0.3) is 0 Å². The monoisotopic (exact) mass is 176 g/mol. The predicted molar refractivity (Wildman–Crippen MR) is 50.2 cm³/mol. The standard InChI is InChI=1S/C11H12O2/c1-8-4-9(7-12)6-11(5-8)13-10-2-3-10/h4-7,10H,2-3H2,1H3. The van der Waals surface area contributed by atoms with Gasteiger partial charge < -0.3 is 4.74 Å². The van der Waals surface area contributed by atoms with Crippen LogP contribution in [0.1, 0.15) is 28.8 Å². The van der Waals surface area contributed by atoms with Crippen LogP contribution < -0.4 is 4.74 Å². The van der Waals surface area contributed by atoms with E-state index < -0.39 is 0 Å².